The Morgan fingerprint density at radius 2 is 2.42 bits per heavy atom. The fraction of sp³-hybridized carbons (Fsp3) is 1.00. The zero-order valence-corrected chi connectivity index (χ0v) is 8.81. The zero-order chi connectivity index (χ0) is 8.97. The highest BCUT2D eigenvalue weighted by Crippen LogP contribution is 2.20. The van der Waals surface area contributed by atoms with Gasteiger partial charge >= 0.3 is 0 Å². The van der Waals surface area contributed by atoms with Crippen molar-refractivity contribution in [3.63, 3.8) is 0 Å². The highest BCUT2D eigenvalue weighted by atomic mass is 32.2. The molecule has 3 heteroatoms. The summed E-state index contributed by atoms with van der Waals surface area (Å²) in [5.41, 5.74) is 0. The van der Waals surface area contributed by atoms with Gasteiger partial charge in [-0.25, -0.2) is 0 Å². The molecule has 0 aromatic carbocycles. The number of likely N-dealkylation sites (tertiary alicyclic amines) is 1. The minimum Gasteiger partial charge on any atom is -0.392 e. The lowest BCUT2D eigenvalue weighted by Gasteiger charge is -2.17. The zero-order valence-electron chi connectivity index (χ0n) is 7.99. The SMILES string of the molecule is CCN1CCC(C(O)CSC)C1. The number of thioether (sulfide) groups is 1. The average molecular weight is 189 g/mol. The van der Waals surface area contributed by atoms with Crippen LogP contribution in [-0.2, 0) is 0 Å². The second-order valence-electron chi connectivity index (χ2n) is 3.46. The van der Waals surface area contributed by atoms with Crippen LogP contribution in [0.2, 0.25) is 0 Å². The minimum absolute atomic E-state index is 0.0865. The van der Waals surface area contributed by atoms with E-state index < -0.39 is 0 Å². The maximum absolute atomic E-state index is 9.71. The Morgan fingerprint density at radius 1 is 1.67 bits per heavy atom. The van der Waals surface area contributed by atoms with Gasteiger partial charge in [-0.3, -0.25) is 0 Å². The molecule has 1 aliphatic heterocycles. The van der Waals surface area contributed by atoms with E-state index in [2.05, 4.69) is 18.1 Å². The lowest BCUT2D eigenvalue weighted by atomic mass is 10.0. The van der Waals surface area contributed by atoms with E-state index in [1.54, 1.807) is 11.8 Å². The molecule has 0 aromatic heterocycles. The predicted molar refractivity (Wildman–Crippen MR) is 54.6 cm³/mol. The van der Waals surface area contributed by atoms with Crippen molar-refractivity contribution >= 4 is 11.8 Å². The lowest BCUT2D eigenvalue weighted by molar-refractivity contribution is 0.133. The summed E-state index contributed by atoms with van der Waals surface area (Å²) in [7, 11) is 0. The summed E-state index contributed by atoms with van der Waals surface area (Å²) < 4.78 is 0. The second-order valence-corrected chi connectivity index (χ2v) is 4.38. The number of hydrogen-bond acceptors (Lipinski definition) is 3. The molecule has 1 heterocycles. The van der Waals surface area contributed by atoms with Crippen molar-refractivity contribution in [2.24, 2.45) is 5.92 Å². The summed E-state index contributed by atoms with van der Waals surface area (Å²) in [5.74, 6) is 1.42. The van der Waals surface area contributed by atoms with Gasteiger partial charge in [0, 0.05) is 12.3 Å². The van der Waals surface area contributed by atoms with Gasteiger partial charge in [0.25, 0.3) is 0 Å². The van der Waals surface area contributed by atoms with Crippen molar-refractivity contribution in [2.75, 3.05) is 31.6 Å². The van der Waals surface area contributed by atoms with Crippen LogP contribution >= 0.6 is 11.8 Å². The van der Waals surface area contributed by atoms with E-state index in [9.17, 15) is 5.11 Å². The molecular formula is C9H19NOS. The monoisotopic (exact) mass is 189 g/mol. The normalized spacial score (nSPS) is 27.8. The molecule has 0 aromatic rings. The van der Waals surface area contributed by atoms with Crippen LogP contribution in [0, 0.1) is 5.92 Å². The van der Waals surface area contributed by atoms with E-state index in [1.165, 1.54) is 13.0 Å². The van der Waals surface area contributed by atoms with E-state index in [0.717, 1.165) is 18.8 Å². The molecule has 0 amide bonds. The lowest BCUT2D eigenvalue weighted by Crippen LogP contribution is -2.27. The van der Waals surface area contributed by atoms with Crippen molar-refractivity contribution in [2.45, 2.75) is 19.4 Å². The molecule has 2 nitrogen and oxygen atoms in total. The van der Waals surface area contributed by atoms with E-state index in [1.807, 2.05) is 0 Å². The average Bonchev–Trinajstić information content (AvgIpc) is 2.52. The first-order chi connectivity index (χ1) is 5.77. The third kappa shape index (κ3) is 2.64. The van der Waals surface area contributed by atoms with Gasteiger partial charge in [-0.1, -0.05) is 6.92 Å². The molecule has 1 rings (SSSR count). The van der Waals surface area contributed by atoms with Crippen molar-refractivity contribution in [3.05, 3.63) is 0 Å². The van der Waals surface area contributed by atoms with E-state index in [4.69, 9.17) is 0 Å². The molecule has 12 heavy (non-hydrogen) atoms. The Bertz CT molecular complexity index is 132. The fourth-order valence-corrected chi connectivity index (χ4v) is 2.38. The number of aliphatic hydroxyl groups excluding tert-OH is 1. The van der Waals surface area contributed by atoms with Gasteiger partial charge in [-0.05, 0) is 31.7 Å². The van der Waals surface area contributed by atoms with Crippen molar-refractivity contribution in [3.8, 4) is 0 Å². The van der Waals surface area contributed by atoms with Gasteiger partial charge < -0.3 is 10.0 Å². The molecule has 0 bridgehead atoms. The number of rotatable bonds is 4. The van der Waals surface area contributed by atoms with E-state index in [-0.39, 0.29) is 6.10 Å². The number of hydrogen-bond donors (Lipinski definition) is 1. The van der Waals surface area contributed by atoms with Gasteiger partial charge in [0.2, 0.25) is 0 Å². The first-order valence-corrected chi connectivity index (χ1v) is 6.06. The van der Waals surface area contributed by atoms with Gasteiger partial charge in [0.1, 0.15) is 0 Å². The fourth-order valence-electron chi connectivity index (χ4n) is 1.77. The van der Waals surface area contributed by atoms with Crippen LogP contribution < -0.4 is 0 Å². The molecule has 0 aliphatic carbocycles. The number of aliphatic hydroxyl groups is 1. The van der Waals surface area contributed by atoms with Gasteiger partial charge in [-0.15, -0.1) is 0 Å². The Morgan fingerprint density at radius 3 is 2.92 bits per heavy atom. The van der Waals surface area contributed by atoms with Crippen LogP contribution in [0.15, 0.2) is 0 Å². The van der Waals surface area contributed by atoms with Crippen molar-refractivity contribution in [1.29, 1.82) is 0 Å². The van der Waals surface area contributed by atoms with Crippen LogP contribution in [0.25, 0.3) is 0 Å². The third-order valence-corrected chi connectivity index (χ3v) is 3.31. The van der Waals surface area contributed by atoms with Crippen LogP contribution in [0.1, 0.15) is 13.3 Å². The topological polar surface area (TPSA) is 23.5 Å². The molecule has 1 N–H and O–H groups in total. The molecular weight excluding hydrogens is 170 g/mol. The number of nitrogens with zero attached hydrogens (tertiary/aromatic N) is 1. The predicted octanol–water partition coefficient (Wildman–Crippen LogP) is 1.05. The standard InChI is InChI=1S/C9H19NOS/c1-3-10-5-4-8(6-10)9(11)7-12-2/h8-9,11H,3-7H2,1-2H3. The van der Waals surface area contributed by atoms with Gasteiger partial charge in [0.15, 0.2) is 0 Å². The summed E-state index contributed by atoms with van der Waals surface area (Å²) in [6.07, 6.45) is 3.14. The van der Waals surface area contributed by atoms with E-state index in [0.29, 0.717) is 5.92 Å². The highest BCUT2D eigenvalue weighted by Gasteiger charge is 2.26. The molecule has 1 aliphatic rings. The molecule has 1 fully saturated rings. The van der Waals surface area contributed by atoms with Gasteiger partial charge in [0.05, 0.1) is 6.10 Å². The Labute approximate surface area is 79.3 Å². The molecule has 0 saturated carbocycles. The van der Waals surface area contributed by atoms with Crippen LogP contribution in [0.5, 0.6) is 0 Å². The molecule has 72 valence electrons. The summed E-state index contributed by atoms with van der Waals surface area (Å²) in [4.78, 5) is 2.41. The maximum atomic E-state index is 9.71. The Kier molecular flexibility index (Phi) is 4.40. The third-order valence-electron chi connectivity index (χ3n) is 2.64. The summed E-state index contributed by atoms with van der Waals surface area (Å²) >= 11 is 1.74. The Balaban J connectivity index is 2.25. The van der Waals surface area contributed by atoms with Crippen LogP contribution in [-0.4, -0.2) is 47.8 Å². The Hall–Kier alpha value is 0.270. The molecule has 0 radical (unpaired) electrons. The molecule has 2 atom stereocenters. The first kappa shape index (κ1) is 10.4. The molecule has 0 spiro atoms. The largest absolute Gasteiger partial charge is 0.392 e. The van der Waals surface area contributed by atoms with E-state index >= 15 is 0 Å². The van der Waals surface area contributed by atoms with Crippen LogP contribution in [0.4, 0.5) is 0 Å². The highest BCUT2D eigenvalue weighted by molar-refractivity contribution is 7.98. The summed E-state index contributed by atoms with van der Waals surface area (Å²) in [6, 6.07) is 0. The van der Waals surface area contributed by atoms with Crippen LogP contribution in [0.3, 0.4) is 0 Å². The smallest absolute Gasteiger partial charge is 0.0671 e. The van der Waals surface area contributed by atoms with Crippen molar-refractivity contribution in [1.82, 2.24) is 4.90 Å². The summed E-state index contributed by atoms with van der Waals surface area (Å²) in [5, 5.41) is 9.71. The van der Waals surface area contributed by atoms with Crippen molar-refractivity contribution < 1.29 is 5.11 Å². The maximum Gasteiger partial charge on any atom is 0.0671 e. The summed E-state index contributed by atoms with van der Waals surface area (Å²) in [6.45, 7) is 5.58. The second kappa shape index (κ2) is 5.10. The minimum atomic E-state index is -0.0865. The first-order valence-electron chi connectivity index (χ1n) is 4.67. The molecule has 1 saturated heterocycles. The molecule has 2 unspecified atom stereocenters. The van der Waals surface area contributed by atoms with Gasteiger partial charge in [-0.2, -0.15) is 11.8 Å². The quantitative estimate of drug-likeness (QED) is 0.715.